The molecule has 40 heavy (non-hydrogen) atoms. The molecule has 8 unspecified atom stereocenters. The Bertz CT molecular complexity index is 730. The topological polar surface area (TPSA) is 255 Å². The maximum atomic E-state index is 11.3. The van der Waals surface area contributed by atoms with E-state index in [2.05, 4.69) is 10.6 Å². The first-order valence-electron chi connectivity index (χ1n) is 14.4. The van der Waals surface area contributed by atoms with Crippen LogP contribution in [0.25, 0.3) is 0 Å². The highest BCUT2D eigenvalue weighted by Crippen LogP contribution is 2.34. The Kier molecular flexibility index (Phi) is 13.8. The Morgan fingerprint density at radius 2 is 1.77 bits per heavy atom. The van der Waals surface area contributed by atoms with Crippen LogP contribution in [0.1, 0.15) is 39.0 Å². The lowest BCUT2D eigenvalue weighted by Gasteiger charge is -2.50. The zero-order valence-corrected chi connectivity index (χ0v) is 23.6. The number of nitrogens with two attached hydrogens (primary N) is 4. The van der Waals surface area contributed by atoms with E-state index in [9.17, 15) is 20.4 Å². The third-order valence-corrected chi connectivity index (χ3v) is 8.00. The fraction of sp³-hybridized carbons (Fsp3) is 1.00. The normalized spacial score (nSPS) is 39.8. The van der Waals surface area contributed by atoms with Gasteiger partial charge in [-0.05, 0) is 59.2 Å². The maximum Gasteiger partial charge on any atom is 0.189 e. The number of fused-ring (bicyclic) bond motifs is 1. The van der Waals surface area contributed by atoms with Gasteiger partial charge in [0.1, 0.15) is 18.3 Å². The van der Waals surface area contributed by atoms with Crippen molar-refractivity contribution in [2.24, 2.45) is 22.9 Å². The number of aliphatic hydroxyl groups is 4. The predicted molar refractivity (Wildman–Crippen MR) is 145 cm³/mol. The molecule has 0 radical (unpaired) electrons. The summed E-state index contributed by atoms with van der Waals surface area (Å²) in [6.07, 6.45) is -5.09. The molecule has 0 aromatic rings. The number of ether oxygens (including phenoxy) is 5. The lowest BCUT2D eigenvalue weighted by Crippen LogP contribution is -2.68. The van der Waals surface area contributed by atoms with Crippen LogP contribution in [0.5, 0.6) is 0 Å². The lowest BCUT2D eigenvalue weighted by atomic mass is 9.88. The first-order chi connectivity index (χ1) is 19.1. The number of aliphatic hydroxyl groups excluding tert-OH is 4. The van der Waals surface area contributed by atoms with E-state index in [0.717, 1.165) is 12.8 Å². The van der Waals surface area contributed by atoms with Crippen LogP contribution < -0.4 is 33.6 Å². The van der Waals surface area contributed by atoms with E-state index < -0.39 is 68.1 Å². The largest absolute Gasteiger partial charge is 0.394 e. The van der Waals surface area contributed by atoms with E-state index in [1.807, 2.05) is 6.92 Å². The van der Waals surface area contributed by atoms with Gasteiger partial charge in [0.25, 0.3) is 0 Å². The van der Waals surface area contributed by atoms with Gasteiger partial charge in [-0.3, -0.25) is 0 Å². The molecule has 0 bridgehead atoms. The van der Waals surface area contributed by atoms with Crippen molar-refractivity contribution in [3.63, 3.8) is 0 Å². The average molecular weight is 581 g/mol. The number of likely N-dealkylation sites (N-methyl/N-ethyl adjacent to an activating group) is 1. The Morgan fingerprint density at radius 1 is 1.02 bits per heavy atom. The van der Waals surface area contributed by atoms with Crippen LogP contribution in [-0.4, -0.2) is 139 Å². The van der Waals surface area contributed by atoms with E-state index in [-0.39, 0.29) is 30.8 Å². The van der Waals surface area contributed by atoms with E-state index in [4.69, 9.17) is 46.6 Å². The highest BCUT2D eigenvalue weighted by Gasteiger charge is 2.52. The maximum absolute atomic E-state index is 11.3. The van der Waals surface area contributed by atoms with Crippen LogP contribution in [0, 0.1) is 0 Å². The number of hydrogen-bond acceptors (Lipinski definition) is 15. The van der Waals surface area contributed by atoms with Gasteiger partial charge >= 0.3 is 0 Å². The number of hydrogen-bond donors (Lipinski definition) is 10. The Hall–Kier alpha value is -0.600. The van der Waals surface area contributed by atoms with Crippen molar-refractivity contribution in [3.8, 4) is 0 Å². The second-order valence-corrected chi connectivity index (χ2v) is 11.1. The standard InChI is InChI=1S/C25H52N6O9/c1-12(31-7-3-6-26)19(11-33)38-24(16(34)10-32)40-25-20(30-2)21(35)22-18(37-25)9-15(29)23(39-22)36-17-5-4-13(27)8-14(17)28/h12-25,30-35H,3-11,26-29H2,1-2H3/t12-,13-,14?,15-,16-,17-,18-,19?,20?,21?,22?,23?,24?,25?/m0/s1. The molecular weight excluding hydrogens is 528 g/mol. The highest BCUT2D eigenvalue weighted by atomic mass is 16.8. The summed E-state index contributed by atoms with van der Waals surface area (Å²) in [6.45, 7) is 1.90. The van der Waals surface area contributed by atoms with Crippen LogP contribution in [-0.2, 0) is 23.7 Å². The summed E-state index contributed by atoms with van der Waals surface area (Å²) in [4.78, 5) is 0. The predicted octanol–water partition coefficient (Wildman–Crippen LogP) is -4.27. The summed E-state index contributed by atoms with van der Waals surface area (Å²) in [5.74, 6) is 0. The monoisotopic (exact) mass is 580 g/mol. The SMILES string of the molecule is CNC1C(OC(OC(CO)[C@H](C)NCCCN)[C@@H](O)CO)O[C@H]2C[C@H](N)C(O[C@H]3CC[C@H](N)CC3N)OC2C1O. The first kappa shape index (κ1) is 33.9. The Morgan fingerprint density at radius 3 is 2.40 bits per heavy atom. The quantitative estimate of drug-likeness (QED) is 0.0649. The van der Waals surface area contributed by atoms with Gasteiger partial charge < -0.3 is 77.7 Å². The summed E-state index contributed by atoms with van der Waals surface area (Å²) < 4.78 is 30.3. The number of rotatable bonds is 15. The minimum absolute atomic E-state index is 0.0440. The molecule has 1 aliphatic carbocycles. The van der Waals surface area contributed by atoms with Gasteiger partial charge in [-0.25, -0.2) is 0 Å². The molecule has 2 saturated heterocycles. The zero-order chi connectivity index (χ0) is 29.4. The average Bonchev–Trinajstić information content (AvgIpc) is 2.92. The number of nitrogens with one attached hydrogen (secondary N) is 2. The fourth-order valence-corrected chi connectivity index (χ4v) is 5.51. The zero-order valence-electron chi connectivity index (χ0n) is 23.6. The minimum Gasteiger partial charge on any atom is -0.394 e. The van der Waals surface area contributed by atoms with Crippen molar-refractivity contribution in [1.82, 2.24) is 10.6 Å². The minimum atomic E-state index is -1.45. The summed E-state index contributed by atoms with van der Waals surface area (Å²) in [6, 6.07) is -1.86. The second kappa shape index (κ2) is 16.3. The summed E-state index contributed by atoms with van der Waals surface area (Å²) in [5, 5.41) is 47.5. The van der Waals surface area contributed by atoms with Gasteiger partial charge in [-0.2, -0.15) is 0 Å². The highest BCUT2D eigenvalue weighted by molar-refractivity contribution is 4.99. The third-order valence-electron chi connectivity index (χ3n) is 8.00. The van der Waals surface area contributed by atoms with E-state index in [1.54, 1.807) is 7.05 Å². The molecule has 0 aromatic carbocycles. The van der Waals surface area contributed by atoms with Crippen molar-refractivity contribution in [2.45, 2.75) is 125 Å². The Labute approximate surface area is 236 Å². The molecule has 236 valence electrons. The van der Waals surface area contributed by atoms with Crippen LogP contribution >= 0.6 is 0 Å². The van der Waals surface area contributed by atoms with Gasteiger partial charge in [0.05, 0.1) is 43.6 Å². The molecule has 0 spiro atoms. The molecule has 1 saturated carbocycles. The van der Waals surface area contributed by atoms with E-state index >= 15 is 0 Å². The van der Waals surface area contributed by atoms with Crippen molar-refractivity contribution in [3.05, 3.63) is 0 Å². The molecule has 14 atom stereocenters. The van der Waals surface area contributed by atoms with E-state index in [1.165, 1.54) is 0 Å². The molecule has 3 rings (SSSR count). The first-order valence-corrected chi connectivity index (χ1v) is 14.4. The van der Waals surface area contributed by atoms with Gasteiger partial charge in [0.2, 0.25) is 0 Å². The second-order valence-electron chi connectivity index (χ2n) is 11.1. The van der Waals surface area contributed by atoms with Gasteiger partial charge in [0, 0.05) is 18.1 Å². The summed E-state index contributed by atoms with van der Waals surface area (Å²) >= 11 is 0. The van der Waals surface area contributed by atoms with Crippen molar-refractivity contribution < 1.29 is 44.1 Å². The van der Waals surface area contributed by atoms with E-state index in [0.29, 0.717) is 32.4 Å². The summed E-state index contributed by atoms with van der Waals surface area (Å²) in [7, 11) is 1.62. The molecule has 2 aliphatic heterocycles. The molecule has 15 nitrogen and oxygen atoms in total. The van der Waals surface area contributed by atoms with Crippen LogP contribution in [0.2, 0.25) is 0 Å². The fourth-order valence-electron chi connectivity index (χ4n) is 5.51. The van der Waals surface area contributed by atoms with Gasteiger partial charge in [-0.15, -0.1) is 0 Å². The van der Waals surface area contributed by atoms with Gasteiger partial charge in [-0.1, -0.05) is 0 Å². The Balaban J connectivity index is 1.66. The van der Waals surface area contributed by atoms with Crippen LogP contribution in [0.4, 0.5) is 0 Å². The smallest absolute Gasteiger partial charge is 0.189 e. The van der Waals surface area contributed by atoms with Crippen LogP contribution in [0.15, 0.2) is 0 Å². The molecule has 0 amide bonds. The molecule has 15 heteroatoms. The van der Waals surface area contributed by atoms with Crippen LogP contribution in [0.3, 0.4) is 0 Å². The molecule has 14 N–H and O–H groups in total. The molecule has 3 fully saturated rings. The van der Waals surface area contributed by atoms with Crippen molar-refractivity contribution in [2.75, 3.05) is 33.4 Å². The van der Waals surface area contributed by atoms with Crippen molar-refractivity contribution in [1.29, 1.82) is 0 Å². The van der Waals surface area contributed by atoms with Gasteiger partial charge in [0.15, 0.2) is 18.9 Å². The summed E-state index contributed by atoms with van der Waals surface area (Å²) in [5.41, 5.74) is 24.2. The lowest BCUT2D eigenvalue weighted by molar-refractivity contribution is -0.361. The molecular formula is C25H52N6O9. The molecule has 2 heterocycles. The van der Waals surface area contributed by atoms with Crippen molar-refractivity contribution >= 4 is 0 Å². The third kappa shape index (κ3) is 8.72. The molecule has 3 aliphatic rings. The molecule has 0 aromatic heterocycles.